The second-order valence-corrected chi connectivity index (χ2v) is 6.75. The summed E-state index contributed by atoms with van der Waals surface area (Å²) in [6.07, 6.45) is 0. The van der Waals surface area contributed by atoms with Gasteiger partial charge >= 0.3 is 5.97 Å². The third-order valence-electron chi connectivity index (χ3n) is 3.38. The number of hydrogen-bond donors (Lipinski definition) is 1. The maximum atomic E-state index is 10.7. The molecule has 3 rings (SSSR count). The van der Waals surface area contributed by atoms with Gasteiger partial charge in [0.2, 0.25) is 0 Å². The highest BCUT2D eigenvalue weighted by Gasteiger charge is 2.16. The van der Waals surface area contributed by atoms with Crippen molar-refractivity contribution in [3.63, 3.8) is 0 Å². The van der Waals surface area contributed by atoms with Crippen LogP contribution in [-0.4, -0.2) is 24.8 Å². The summed E-state index contributed by atoms with van der Waals surface area (Å²) in [6.45, 7) is -0.475. The number of methoxy groups -OCH3 is 1. The number of halogens is 2. The number of fused-ring (bicyclic) bond motifs is 1. The fraction of sp³-hybridized carbons (Fsp3) is 0.118. The van der Waals surface area contributed by atoms with Crippen molar-refractivity contribution in [3.05, 3.63) is 46.4 Å². The molecule has 1 aromatic heterocycles. The lowest BCUT2D eigenvalue weighted by molar-refractivity contribution is -0.139. The summed E-state index contributed by atoms with van der Waals surface area (Å²) in [5, 5.41) is 10.2. The number of thiophene rings is 1. The summed E-state index contributed by atoms with van der Waals surface area (Å²) in [5.41, 5.74) is 1.03. The van der Waals surface area contributed by atoms with E-state index in [4.69, 9.17) is 37.8 Å². The number of aliphatic carboxylic acids is 1. The third kappa shape index (κ3) is 3.29. The molecule has 0 bridgehead atoms. The van der Waals surface area contributed by atoms with E-state index in [0.29, 0.717) is 5.02 Å². The minimum Gasteiger partial charge on any atom is -0.497 e. The van der Waals surface area contributed by atoms with Crippen molar-refractivity contribution < 1.29 is 19.4 Å². The van der Waals surface area contributed by atoms with Crippen LogP contribution in [0.3, 0.4) is 0 Å². The third-order valence-corrected chi connectivity index (χ3v) is 5.56. The number of carboxylic acid groups (broad SMARTS) is 1. The SMILES string of the molecule is COc1ccc(-c2cc3cc(OCC(=O)O)c(Cl)c(Cl)c3s2)cc1. The van der Waals surface area contributed by atoms with E-state index < -0.39 is 12.6 Å². The Kier molecular flexibility index (Phi) is 4.85. The first kappa shape index (κ1) is 16.9. The van der Waals surface area contributed by atoms with E-state index in [1.807, 2.05) is 30.3 Å². The van der Waals surface area contributed by atoms with Crippen LogP contribution in [0.15, 0.2) is 36.4 Å². The molecular formula is C17H12Cl2O4S. The molecule has 24 heavy (non-hydrogen) atoms. The zero-order valence-corrected chi connectivity index (χ0v) is 14.8. The lowest BCUT2D eigenvalue weighted by Crippen LogP contribution is -2.09. The van der Waals surface area contributed by atoms with E-state index in [9.17, 15) is 4.79 Å². The summed E-state index contributed by atoms with van der Waals surface area (Å²) < 4.78 is 11.2. The first-order chi connectivity index (χ1) is 11.5. The minimum absolute atomic E-state index is 0.216. The average molecular weight is 383 g/mol. The summed E-state index contributed by atoms with van der Waals surface area (Å²) in [5.74, 6) is -0.0348. The average Bonchev–Trinajstić information content (AvgIpc) is 3.01. The maximum Gasteiger partial charge on any atom is 0.341 e. The Labute approximate surface area is 152 Å². The van der Waals surface area contributed by atoms with Crippen LogP contribution in [0.4, 0.5) is 0 Å². The van der Waals surface area contributed by atoms with E-state index in [-0.39, 0.29) is 10.8 Å². The van der Waals surface area contributed by atoms with Gasteiger partial charge in [-0.2, -0.15) is 0 Å². The first-order valence-corrected chi connectivity index (χ1v) is 8.47. The van der Waals surface area contributed by atoms with Crippen molar-refractivity contribution in [3.8, 4) is 21.9 Å². The molecule has 0 saturated carbocycles. The molecule has 0 fully saturated rings. The number of rotatable bonds is 5. The van der Waals surface area contributed by atoms with Crippen LogP contribution in [0.25, 0.3) is 20.5 Å². The quantitative estimate of drug-likeness (QED) is 0.646. The summed E-state index contributed by atoms with van der Waals surface area (Å²) in [6, 6.07) is 11.4. The van der Waals surface area contributed by atoms with Gasteiger partial charge in [0.25, 0.3) is 0 Å². The topological polar surface area (TPSA) is 55.8 Å². The molecule has 0 aliphatic rings. The molecule has 0 aliphatic heterocycles. The predicted octanol–water partition coefficient (Wildman–Crippen LogP) is 5.35. The van der Waals surface area contributed by atoms with Gasteiger partial charge in [-0.15, -0.1) is 11.3 Å². The van der Waals surface area contributed by atoms with E-state index in [0.717, 1.165) is 26.3 Å². The van der Waals surface area contributed by atoms with E-state index in [1.54, 1.807) is 13.2 Å². The highest BCUT2D eigenvalue weighted by atomic mass is 35.5. The number of hydrogen-bond acceptors (Lipinski definition) is 4. The summed E-state index contributed by atoms with van der Waals surface area (Å²) in [4.78, 5) is 11.7. The number of carbonyl (C=O) groups is 1. The van der Waals surface area contributed by atoms with Gasteiger partial charge in [0.05, 0.1) is 16.8 Å². The molecule has 0 radical (unpaired) electrons. The Morgan fingerprint density at radius 1 is 1.17 bits per heavy atom. The largest absolute Gasteiger partial charge is 0.497 e. The Bertz CT molecular complexity index is 903. The Hall–Kier alpha value is -1.95. The molecule has 1 heterocycles. The molecule has 7 heteroatoms. The molecule has 3 aromatic rings. The van der Waals surface area contributed by atoms with Gasteiger partial charge in [-0.05, 0) is 47.3 Å². The van der Waals surface area contributed by atoms with Crippen molar-refractivity contribution in [2.24, 2.45) is 0 Å². The van der Waals surface area contributed by atoms with Gasteiger partial charge in [-0.3, -0.25) is 0 Å². The van der Waals surface area contributed by atoms with Crippen molar-refractivity contribution in [1.82, 2.24) is 0 Å². The van der Waals surface area contributed by atoms with Crippen LogP contribution >= 0.6 is 34.5 Å². The van der Waals surface area contributed by atoms with Crippen LogP contribution in [0, 0.1) is 0 Å². The van der Waals surface area contributed by atoms with Crippen molar-refractivity contribution in [1.29, 1.82) is 0 Å². The molecule has 124 valence electrons. The zero-order valence-electron chi connectivity index (χ0n) is 12.5. The summed E-state index contributed by atoms with van der Waals surface area (Å²) >= 11 is 14.0. The minimum atomic E-state index is -1.08. The second-order valence-electron chi connectivity index (χ2n) is 4.94. The predicted molar refractivity (Wildman–Crippen MR) is 97.0 cm³/mol. The maximum absolute atomic E-state index is 10.7. The molecule has 0 atom stereocenters. The van der Waals surface area contributed by atoms with Gasteiger partial charge in [0, 0.05) is 4.88 Å². The number of ether oxygens (including phenoxy) is 2. The molecule has 0 aliphatic carbocycles. The lowest BCUT2D eigenvalue weighted by atomic mass is 10.1. The Morgan fingerprint density at radius 3 is 2.50 bits per heavy atom. The van der Waals surface area contributed by atoms with Crippen molar-refractivity contribution in [2.45, 2.75) is 0 Å². The highest BCUT2D eigenvalue weighted by molar-refractivity contribution is 7.23. The standard InChI is InChI=1S/C17H12Cl2O4S/c1-22-11-4-2-9(3-5-11)13-7-10-6-12(23-8-14(20)21)15(18)16(19)17(10)24-13/h2-7H,8H2,1H3,(H,20,21). The van der Waals surface area contributed by atoms with Gasteiger partial charge in [-0.1, -0.05) is 23.2 Å². The van der Waals surface area contributed by atoms with E-state index >= 15 is 0 Å². The lowest BCUT2D eigenvalue weighted by Gasteiger charge is -2.07. The van der Waals surface area contributed by atoms with Crippen LogP contribution in [0.5, 0.6) is 11.5 Å². The van der Waals surface area contributed by atoms with Crippen LogP contribution < -0.4 is 9.47 Å². The van der Waals surface area contributed by atoms with E-state index in [1.165, 1.54) is 11.3 Å². The van der Waals surface area contributed by atoms with Crippen molar-refractivity contribution in [2.75, 3.05) is 13.7 Å². The van der Waals surface area contributed by atoms with Gasteiger partial charge < -0.3 is 14.6 Å². The fourth-order valence-corrected chi connectivity index (χ4v) is 3.90. The molecule has 0 spiro atoms. The molecule has 2 aromatic carbocycles. The molecular weight excluding hydrogens is 371 g/mol. The molecule has 0 saturated heterocycles. The Balaban J connectivity index is 2.03. The van der Waals surface area contributed by atoms with Crippen LogP contribution in [0.2, 0.25) is 10.0 Å². The number of carboxylic acids is 1. The molecule has 0 amide bonds. The van der Waals surface area contributed by atoms with E-state index in [2.05, 4.69) is 0 Å². The second kappa shape index (κ2) is 6.89. The van der Waals surface area contributed by atoms with Gasteiger partial charge in [0.1, 0.15) is 16.5 Å². The first-order valence-electron chi connectivity index (χ1n) is 6.90. The van der Waals surface area contributed by atoms with Crippen LogP contribution in [-0.2, 0) is 4.79 Å². The highest BCUT2D eigenvalue weighted by Crippen LogP contribution is 2.44. The monoisotopic (exact) mass is 382 g/mol. The molecule has 4 nitrogen and oxygen atoms in total. The zero-order chi connectivity index (χ0) is 17.3. The Morgan fingerprint density at radius 2 is 1.88 bits per heavy atom. The smallest absolute Gasteiger partial charge is 0.341 e. The van der Waals surface area contributed by atoms with Gasteiger partial charge in [0.15, 0.2) is 6.61 Å². The summed E-state index contributed by atoms with van der Waals surface area (Å²) in [7, 11) is 1.62. The fourth-order valence-electron chi connectivity index (χ4n) is 2.24. The molecule has 1 N–H and O–H groups in total. The number of benzene rings is 2. The molecule has 0 unspecified atom stereocenters. The normalized spacial score (nSPS) is 10.8. The van der Waals surface area contributed by atoms with Gasteiger partial charge in [-0.25, -0.2) is 4.79 Å². The van der Waals surface area contributed by atoms with Crippen LogP contribution in [0.1, 0.15) is 0 Å². The van der Waals surface area contributed by atoms with Crippen molar-refractivity contribution >= 4 is 50.6 Å².